The van der Waals surface area contributed by atoms with Crippen LogP contribution in [0, 0.1) is 11.6 Å². The lowest BCUT2D eigenvalue weighted by Crippen LogP contribution is -1.99. The van der Waals surface area contributed by atoms with Crippen molar-refractivity contribution in [1.29, 1.82) is 0 Å². The lowest BCUT2D eigenvalue weighted by molar-refractivity contribution is 0.628. The van der Waals surface area contributed by atoms with Gasteiger partial charge in [0.05, 0.1) is 0 Å². The summed E-state index contributed by atoms with van der Waals surface area (Å²) < 4.78 is 27.0. The zero-order valence-electron chi connectivity index (χ0n) is 9.69. The van der Waals surface area contributed by atoms with Gasteiger partial charge in [-0.15, -0.1) is 11.3 Å². The summed E-state index contributed by atoms with van der Waals surface area (Å²) in [5, 5.41) is 0.478. The summed E-state index contributed by atoms with van der Waals surface area (Å²) in [6.45, 7) is 0. The predicted octanol–water partition coefficient (Wildman–Crippen LogP) is 4.21. The highest BCUT2D eigenvalue weighted by Gasteiger charge is 2.06. The van der Waals surface area contributed by atoms with E-state index in [1.54, 1.807) is 12.1 Å². The van der Waals surface area contributed by atoms with Crippen molar-refractivity contribution in [3.63, 3.8) is 0 Å². The first-order valence-electron chi connectivity index (χ1n) is 5.63. The van der Waals surface area contributed by atoms with Gasteiger partial charge in [0, 0.05) is 21.0 Å². The minimum absolute atomic E-state index is 0.187. The van der Waals surface area contributed by atoms with E-state index in [1.807, 2.05) is 0 Å². The van der Waals surface area contributed by atoms with Crippen molar-refractivity contribution in [1.82, 2.24) is 0 Å². The lowest BCUT2D eigenvalue weighted by atomic mass is 10.1. The molecule has 0 N–H and O–H groups in total. The predicted molar refractivity (Wildman–Crippen MR) is 73.4 cm³/mol. The molecular formula is C15H8F2OS. The topological polar surface area (TPSA) is 17.1 Å². The van der Waals surface area contributed by atoms with E-state index < -0.39 is 0 Å². The summed E-state index contributed by atoms with van der Waals surface area (Å²) in [7, 11) is 0. The molecule has 0 aliphatic rings. The largest absolute Gasteiger partial charge is 0.289 e. The maximum absolute atomic E-state index is 13.2. The Bertz CT molecular complexity index is 824. The number of hydrogen-bond acceptors (Lipinski definition) is 2. The van der Waals surface area contributed by atoms with Crippen LogP contribution in [-0.2, 0) is 0 Å². The molecule has 0 bridgehead atoms. The van der Waals surface area contributed by atoms with Gasteiger partial charge in [-0.3, -0.25) is 4.79 Å². The second-order valence-electron chi connectivity index (χ2n) is 4.13. The smallest absolute Gasteiger partial charge is 0.188 e. The molecule has 94 valence electrons. The molecule has 1 heterocycles. The lowest BCUT2D eigenvalue weighted by Gasteiger charge is -2.03. The van der Waals surface area contributed by atoms with Crippen LogP contribution in [0.4, 0.5) is 8.78 Å². The SMILES string of the molecule is O=c1cc(-c2cccc(F)c2)sc2cc(F)ccc12. The van der Waals surface area contributed by atoms with Gasteiger partial charge < -0.3 is 0 Å². The standard InChI is InChI=1S/C15H8F2OS/c16-10-3-1-2-9(6-10)14-8-13(18)12-5-4-11(17)7-15(12)19-14/h1-8H. The van der Waals surface area contributed by atoms with Gasteiger partial charge >= 0.3 is 0 Å². The van der Waals surface area contributed by atoms with Gasteiger partial charge in [0.1, 0.15) is 11.6 Å². The molecular weight excluding hydrogens is 266 g/mol. The van der Waals surface area contributed by atoms with Gasteiger partial charge in [0.25, 0.3) is 0 Å². The van der Waals surface area contributed by atoms with Crippen molar-refractivity contribution in [2.45, 2.75) is 0 Å². The van der Waals surface area contributed by atoms with Crippen LogP contribution in [0.1, 0.15) is 0 Å². The van der Waals surface area contributed by atoms with Crippen molar-refractivity contribution in [2.75, 3.05) is 0 Å². The Morgan fingerprint density at radius 2 is 1.68 bits per heavy atom. The minimum Gasteiger partial charge on any atom is -0.289 e. The zero-order valence-corrected chi connectivity index (χ0v) is 10.5. The molecule has 0 aliphatic heterocycles. The van der Waals surface area contributed by atoms with Gasteiger partial charge in [0.2, 0.25) is 0 Å². The summed E-state index contributed by atoms with van der Waals surface area (Å²) in [6, 6.07) is 11.5. The van der Waals surface area contributed by atoms with E-state index in [0.717, 1.165) is 0 Å². The van der Waals surface area contributed by atoms with E-state index in [-0.39, 0.29) is 17.1 Å². The highest BCUT2D eigenvalue weighted by atomic mass is 32.1. The Labute approximate surface area is 111 Å². The maximum Gasteiger partial charge on any atom is 0.188 e. The van der Waals surface area contributed by atoms with Crippen LogP contribution in [-0.4, -0.2) is 0 Å². The Kier molecular flexibility index (Phi) is 2.87. The highest BCUT2D eigenvalue weighted by Crippen LogP contribution is 2.28. The second kappa shape index (κ2) is 4.55. The maximum atomic E-state index is 13.2. The van der Waals surface area contributed by atoms with E-state index in [0.29, 0.717) is 20.5 Å². The Morgan fingerprint density at radius 3 is 2.47 bits per heavy atom. The molecule has 2 aromatic carbocycles. The molecule has 0 atom stereocenters. The monoisotopic (exact) mass is 274 g/mol. The van der Waals surface area contributed by atoms with Crippen LogP contribution in [0.15, 0.2) is 53.3 Å². The minimum atomic E-state index is -0.389. The molecule has 0 fully saturated rings. The van der Waals surface area contributed by atoms with E-state index in [2.05, 4.69) is 0 Å². The average Bonchev–Trinajstić information content (AvgIpc) is 2.38. The summed E-state index contributed by atoms with van der Waals surface area (Å²) >= 11 is 1.27. The molecule has 1 nitrogen and oxygen atoms in total. The third kappa shape index (κ3) is 2.27. The first-order valence-corrected chi connectivity index (χ1v) is 6.44. The van der Waals surface area contributed by atoms with Gasteiger partial charge in [-0.2, -0.15) is 0 Å². The van der Waals surface area contributed by atoms with Gasteiger partial charge in [-0.1, -0.05) is 12.1 Å². The number of halogens is 2. The van der Waals surface area contributed by atoms with Crippen molar-refractivity contribution >= 4 is 21.4 Å². The van der Waals surface area contributed by atoms with Crippen molar-refractivity contribution in [2.24, 2.45) is 0 Å². The molecule has 0 spiro atoms. The van der Waals surface area contributed by atoms with Crippen LogP contribution in [0.25, 0.3) is 20.5 Å². The summed E-state index contributed by atoms with van der Waals surface area (Å²) in [6.07, 6.45) is 0. The molecule has 3 aromatic rings. The Hall–Kier alpha value is -2.07. The fraction of sp³-hybridized carbons (Fsp3) is 0. The summed E-state index contributed by atoms with van der Waals surface area (Å²) in [4.78, 5) is 12.6. The van der Waals surface area contributed by atoms with Gasteiger partial charge in [-0.05, 0) is 35.9 Å². The summed E-state index contributed by atoms with van der Waals surface area (Å²) in [5.41, 5.74) is 0.432. The fourth-order valence-electron chi connectivity index (χ4n) is 1.91. The normalized spacial score (nSPS) is 10.8. The van der Waals surface area contributed by atoms with Gasteiger partial charge in [-0.25, -0.2) is 8.78 Å². The van der Waals surface area contributed by atoms with Crippen molar-refractivity contribution in [3.8, 4) is 10.4 Å². The molecule has 19 heavy (non-hydrogen) atoms. The van der Waals surface area contributed by atoms with Crippen LogP contribution < -0.4 is 5.43 Å². The van der Waals surface area contributed by atoms with E-state index in [1.165, 1.54) is 47.7 Å². The molecule has 0 aliphatic carbocycles. The molecule has 3 rings (SSSR count). The van der Waals surface area contributed by atoms with E-state index >= 15 is 0 Å². The third-order valence-electron chi connectivity index (χ3n) is 2.80. The molecule has 0 unspecified atom stereocenters. The molecule has 0 radical (unpaired) electrons. The number of fused-ring (bicyclic) bond motifs is 1. The molecule has 0 saturated carbocycles. The molecule has 1 aromatic heterocycles. The van der Waals surface area contributed by atoms with E-state index in [9.17, 15) is 13.6 Å². The van der Waals surface area contributed by atoms with Crippen LogP contribution in [0.3, 0.4) is 0 Å². The highest BCUT2D eigenvalue weighted by molar-refractivity contribution is 7.21. The first-order chi connectivity index (χ1) is 9.13. The van der Waals surface area contributed by atoms with Gasteiger partial charge in [0.15, 0.2) is 5.43 Å². The quantitative estimate of drug-likeness (QED) is 0.649. The van der Waals surface area contributed by atoms with Crippen molar-refractivity contribution < 1.29 is 8.78 Å². The Balaban J connectivity index is 2.28. The third-order valence-corrected chi connectivity index (χ3v) is 3.93. The zero-order chi connectivity index (χ0) is 13.4. The van der Waals surface area contributed by atoms with Crippen LogP contribution in [0.2, 0.25) is 0 Å². The first kappa shape index (κ1) is 12.0. The van der Waals surface area contributed by atoms with Crippen LogP contribution >= 0.6 is 11.3 Å². The van der Waals surface area contributed by atoms with E-state index in [4.69, 9.17) is 0 Å². The number of rotatable bonds is 1. The molecule has 0 amide bonds. The average molecular weight is 274 g/mol. The molecule has 0 saturated heterocycles. The van der Waals surface area contributed by atoms with Crippen LogP contribution in [0.5, 0.6) is 0 Å². The number of hydrogen-bond donors (Lipinski definition) is 0. The fourth-order valence-corrected chi connectivity index (χ4v) is 3.01. The summed E-state index contributed by atoms with van der Waals surface area (Å²) in [5.74, 6) is -0.754. The number of benzene rings is 2. The van der Waals surface area contributed by atoms with Crippen molar-refractivity contribution in [3.05, 3.63) is 70.4 Å². The molecule has 4 heteroatoms. The second-order valence-corrected chi connectivity index (χ2v) is 5.21. The Morgan fingerprint density at radius 1 is 0.895 bits per heavy atom.